The van der Waals surface area contributed by atoms with Crippen LogP contribution in [0.3, 0.4) is 0 Å². The van der Waals surface area contributed by atoms with Crippen LogP contribution in [0.25, 0.3) is 0 Å². The Balaban J connectivity index is 2.16. The summed E-state index contributed by atoms with van der Waals surface area (Å²) >= 11 is 1.77. The quantitative estimate of drug-likeness (QED) is 0.596. The molecule has 0 amide bonds. The van der Waals surface area contributed by atoms with Crippen molar-refractivity contribution in [3.05, 3.63) is 24.4 Å². The van der Waals surface area contributed by atoms with Crippen LogP contribution >= 0.6 is 11.8 Å². The van der Waals surface area contributed by atoms with E-state index in [0.717, 1.165) is 30.0 Å². The fourth-order valence-corrected chi connectivity index (χ4v) is 2.29. The van der Waals surface area contributed by atoms with Crippen molar-refractivity contribution >= 4 is 11.8 Å². The third-order valence-electron chi connectivity index (χ3n) is 2.76. The van der Waals surface area contributed by atoms with Crippen LogP contribution in [0, 0.1) is 11.3 Å². The zero-order valence-corrected chi connectivity index (χ0v) is 11.3. The van der Waals surface area contributed by atoms with Crippen LogP contribution in [0.1, 0.15) is 26.2 Å². The predicted octanol–water partition coefficient (Wildman–Crippen LogP) is 2.85. The Kier molecular flexibility index (Phi) is 6.03. The molecule has 0 bridgehead atoms. The molecule has 1 unspecified atom stereocenters. The topological polar surface area (TPSA) is 48.7 Å². The molecule has 1 aromatic heterocycles. The second-order valence-corrected chi connectivity index (χ2v) is 5.28. The van der Waals surface area contributed by atoms with E-state index in [1.165, 1.54) is 0 Å². The molecule has 0 aliphatic rings. The molecule has 4 heteroatoms. The minimum absolute atomic E-state index is 0.379. The minimum Gasteiger partial charge on any atom is -0.303 e. The lowest BCUT2D eigenvalue weighted by molar-refractivity contribution is 0.439. The highest BCUT2D eigenvalue weighted by molar-refractivity contribution is 7.99. The normalized spacial score (nSPS) is 13.9. The highest BCUT2D eigenvalue weighted by atomic mass is 32.2. The van der Waals surface area contributed by atoms with Crippen molar-refractivity contribution in [3.8, 4) is 6.07 Å². The summed E-state index contributed by atoms with van der Waals surface area (Å²) in [6.45, 7) is 1.94. The Hall–Kier alpha value is -1.05. The number of nitrogens with one attached hydrogen (secondary N) is 1. The summed E-state index contributed by atoms with van der Waals surface area (Å²) in [5.41, 5.74) is -0.379. The lowest BCUT2D eigenvalue weighted by Gasteiger charge is -2.20. The molecule has 0 aliphatic carbocycles. The van der Waals surface area contributed by atoms with Gasteiger partial charge in [-0.25, -0.2) is 4.98 Å². The van der Waals surface area contributed by atoms with Gasteiger partial charge in [-0.15, -0.1) is 11.8 Å². The summed E-state index contributed by atoms with van der Waals surface area (Å²) in [7, 11) is 1.84. The number of hydrogen-bond donors (Lipinski definition) is 1. The van der Waals surface area contributed by atoms with Crippen LogP contribution in [-0.4, -0.2) is 23.3 Å². The van der Waals surface area contributed by atoms with Crippen LogP contribution in [0.2, 0.25) is 0 Å². The van der Waals surface area contributed by atoms with Gasteiger partial charge in [0.05, 0.1) is 11.1 Å². The standard InChI is InChI=1S/C13H19N3S/c1-13(11-14,15-2)8-4-6-10-17-12-7-3-5-9-16-12/h3,5,7,9,15H,4,6,8,10H2,1-2H3. The molecule has 0 fully saturated rings. The van der Waals surface area contributed by atoms with Gasteiger partial charge in [-0.2, -0.15) is 5.26 Å². The Morgan fingerprint density at radius 2 is 2.29 bits per heavy atom. The monoisotopic (exact) mass is 249 g/mol. The second kappa shape index (κ2) is 7.31. The van der Waals surface area contributed by atoms with Crippen molar-refractivity contribution in [1.82, 2.24) is 10.3 Å². The first kappa shape index (κ1) is 14.0. The highest BCUT2D eigenvalue weighted by Gasteiger charge is 2.19. The maximum absolute atomic E-state index is 8.99. The summed E-state index contributed by atoms with van der Waals surface area (Å²) in [5, 5.41) is 13.1. The molecule has 1 rings (SSSR count). The summed E-state index contributed by atoms with van der Waals surface area (Å²) in [6.07, 6.45) is 4.88. The predicted molar refractivity (Wildman–Crippen MR) is 71.9 cm³/mol. The highest BCUT2D eigenvalue weighted by Crippen LogP contribution is 2.18. The summed E-state index contributed by atoms with van der Waals surface area (Å²) in [5.74, 6) is 1.06. The molecule has 3 nitrogen and oxygen atoms in total. The number of pyridine rings is 1. The zero-order valence-electron chi connectivity index (χ0n) is 10.4. The second-order valence-electron chi connectivity index (χ2n) is 4.17. The van der Waals surface area contributed by atoms with Gasteiger partial charge in [0.15, 0.2) is 0 Å². The molecule has 0 aromatic carbocycles. The van der Waals surface area contributed by atoms with Gasteiger partial charge in [0.1, 0.15) is 5.54 Å². The third-order valence-corrected chi connectivity index (χ3v) is 3.79. The molecule has 0 spiro atoms. The van der Waals surface area contributed by atoms with Crippen molar-refractivity contribution in [2.75, 3.05) is 12.8 Å². The smallest absolute Gasteiger partial charge is 0.103 e. The number of unbranched alkanes of at least 4 members (excludes halogenated alkanes) is 1. The summed E-state index contributed by atoms with van der Waals surface area (Å²) in [6, 6.07) is 8.26. The van der Waals surface area contributed by atoms with Crippen LogP contribution in [-0.2, 0) is 0 Å². The third kappa shape index (κ3) is 5.20. The average molecular weight is 249 g/mol. The van der Waals surface area contributed by atoms with Crippen LogP contribution in [0.15, 0.2) is 29.4 Å². The molecule has 17 heavy (non-hydrogen) atoms. The van der Waals surface area contributed by atoms with Gasteiger partial charge >= 0.3 is 0 Å². The van der Waals surface area contributed by atoms with E-state index < -0.39 is 0 Å². The fourth-order valence-electron chi connectivity index (χ4n) is 1.43. The molecule has 92 valence electrons. The zero-order chi connectivity index (χ0) is 12.6. The lowest BCUT2D eigenvalue weighted by atomic mass is 9.97. The maximum Gasteiger partial charge on any atom is 0.103 e. The maximum atomic E-state index is 8.99. The molecule has 1 N–H and O–H groups in total. The molecule has 1 heterocycles. The van der Waals surface area contributed by atoms with Crippen molar-refractivity contribution < 1.29 is 0 Å². The van der Waals surface area contributed by atoms with E-state index in [9.17, 15) is 0 Å². The SMILES string of the molecule is CNC(C)(C#N)CCCCSc1ccccn1. The van der Waals surface area contributed by atoms with E-state index in [-0.39, 0.29) is 5.54 Å². The van der Waals surface area contributed by atoms with E-state index in [0.29, 0.717) is 0 Å². The molecule has 0 aliphatic heterocycles. The molecule has 0 saturated heterocycles. The first-order chi connectivity index (χ1) is 8.20. The van der Waals surface area contributed by atoms with E-state index in [4.69, 9.17) is 5.26 Å². The lowest BCUT2D eigenvalue weighted by Crippen LogP contribution is -2.37. The van der Waals surface area contributed by atoms with Crippen LogP contribution < -0.4 is 5.32 Å². The number of thioether (sulfide) groups is 1. The van der Waals surface area contributed by atoms with Gasteiger partial charge in [-0.3, -0.25) is 0 Å². The molecule has 0 saturated carbocycles. The van der Waals surface area contributed by atoms with E-state index >= 15 is 0 Å². The van der Waals surface area contributed by atoms with Gasteiger partial charge < -0.3 is 5.32 Å². The minimum atomic E-state index is -0.379. The average Bonchev–Trinajstić information content (AvgIpc) is 2.39. The Morgan fingerprint density at radius 3 is 2.88 bits per heavy atom. The van der Waals surface area contributed by atoms with Crippen molar-refractivity contribution in [3.63, 3.8) is 0 Å². The Morgan fingerprint density at radius 1 is 1.47 bits per heavy atom. The van der Waals surface area contributed by atoms with E-state index in [1.54, 1.807) is 11.8 Å². The van der Waals surface area contributed by atoms with Crippen molar-refractivity contribution in [2.24, 2.45) is 0 Å². The van der Waals surface area contributed by atoms with Gasteiger partial charge in [0.25, 0.3) is 0 Å². The first-order valence-electron chi connectivity index (χ1n) is 5.84. The number of rotatable bonds is 7. The molecule has 1 aromatic rings. The molecule has 0 radical (unpaired) electrons. The Bertz CT molecular complexity index is 361. The van der Waals surface area contributed by atoms with Crippen molar-refractivity contribution in [2.45, 2.75) is 36.8 Å². The Labute approximate surface area is 108 Å². The van der Waals surface area contributed by atoms with Crippen molar-refractivity contribution in [1.29, 1.82) is 5.26 Å². The fraction of sp³-hybridized carbons (Fsp3) is 0.538. The number of nitriles is 1. The number of hydrogen-bond acceptors (Lipinski definition) is 4. The van der Waals surface area contributed by atoms with Gasteiger partial charge in [-0.1, -0.05) is 6.07 Å². The van der Waals surface area contributed by atoms with E-state index in [2.05, 4.69) is 16.4 Å². The number of nitrogens with zero attached hydrogens (tertiary/aromatic N) is 2. The molecular formula is C13H19N3S. The first-order valence-corrected chi connectivity index (χ1v) is 6.83. The largest absolute Gasteiger partial charge is 0.303 e. The molecule has 1 atom stereocenters. The summed E-state index contributed by atoms with van der Waals surface area (Å²) in [4.78, 5) is 4.26. The summed E-state index contributed by atoms with van der Waals surface area (Å²) < 4.78 is 0. The van der Waals surface area contributed by atoms with E-state index in [1.807, 2.05) is 38.4 Å². The number of aromatic nitrogens is 1. The van der Waals surface area contributed by atoms with Crippen LogP contribution in [0.5, 0.6) is 0 Å². The van der Waals surface area contributed by atoms with Gasteiger partial charge in [0.2, 0.25) is 0 Å². The molecular weight excluding hydrogens is 230 g/mol. The van der Waals surface area contributed by atoms with Crippen LogP contribution in [0.4, 0.5) is 0 Å². The van der Waals surface area contributed by atoms with Gasteiger partial charge in [0, 0.05) is 6.20 Å². The van der Waals surface area contributed by atoms with Gasteiger partial charge in [-0.05, 0) is 51.1 Å².